The summed E-state index contributed by atoms with van der Waals surface area (Å²) >= 11 is 0. The minimum absolute atomic E-state index is 0.101. The minimum Gasteiger partial charge on any atom is -0.462 e. The van der Waals surface area contributed by atoms with E-state index in [1.807, 2.05) is 24.3 Å². The van der Waals surface area contributed by atoms with E-state index in [0.29, 0.717) is 19.3 Å². The third kappa shape index (κ3) is 47.5. The zero-order valence-electron chi connectivity index (χ0n) is 39.7. The van der Waals surface area contributed by atoms with Gasteiger partial charge in [-0.1, -0.05) is 228 Å². The number of rotatable bonds is 44. The fourth-order valence-electron chi connectivity index (χ4n) is 6.77. The second-order valence-electron chi connectivity index (χ2n) is 16.4. The van der Waals surface area contributed by atoms with Crippen LogP contribution in [0.1, 0.15) is 226 Å². The predicted molar refractivity (Wildman–Crippen MR) is 261 cm³/mol. The number of carbonyl (C=O) groups is 3. The molecule has 0 saturated heterocycles. The van der Waals surface area contributed by atoms with Crippen molar-refractivity contribution in [1.82, 2.24) is 0 Å². The Morgan fingerprint density at radius 1 is 0.361 bits per heavy atom. The summed E-state index contributed by atoms with van der Waals surface area (Å²) in [6.07, 6.45) is 62.9. The van der Waals surface area contributed by atoms with Crippen molar-refractivity contribution in [3.8, 4) is 0 Å². The molecule has 1 unspecified atom stereocenters. The lowest BCUT2D eigenvalue weighted by molar-refractivity contribution is -0.167. The summed E-state index contributed by atoms with van der Waals surface area (Å²) in [4.78, 5) is 37.9. The number of esters is 3. The number of hydrogen-bond donors (Lipinski definition) is 0. The summed E-state index contributed by atoms with van der Waals surface area (Å²) in [6.45, 7) is 6.31. The van der Waals surface area contributed by atoms with Crippen molar-refractivity contribution in [3.05, 3.63) is 85.1 Å². The van der Waals surface area contributed by atoms with Gasteiger partial charge in [0.05, 0.1) is 0 Å². The number of allylic oxidation sites excluding steroid dienone is 14. The third-order valence-electron chi connectivity index (χ3n) is 10.5. The smallest absolute Gasteiger partial charge is 0.306 e. The Morgan fingerprint density at radius 2 is 0.738 bits per heavy atom. The van der Waals surface area contributed by atoms with E-state index in [0.717, 1.165) is 89.9 Å². The molecule has 0 spiro atoms. The highest BCUT2D eigenvalue weighted by atomic mass is 16.6. The van der Waals surface area contributed by atoms with Gasteiger partial charge in [0, 0.05) is 19.3 Å². The molecule has 0 radical (unpaired) electrons. The Bertz CT molecular complexity index is 1200. The van der Waals surface area contributed by atoms with Crippen molar-refractivity contribution < 1.29 is 28.6 Å². The molecule has 0 fully saturated rings. The molecule has 0 aromatic rings. The van der Waals surface area contributed by atoms with Gasteiger partial charge in [0.2, 0.25) is 0 Å². The second kappa shape index (κ2) is 49.2. The molecule has 0 bridgehead atoms. The molecule has 0 aliphatic rings. The zero-order valence-corrected chi connectivity index (χ0v) is 39.7. The first-order chi connectivity index (χ1) is 30.0. The molecule has 1 atom stereocenters. The average Bonchev–Trinajstić information content (AvgIpc) is 3.26. The minimum atomic E-state index is -0.807. The Balaban J connectivity index is 4.43. The maximum absolute atomic E-state index is 12.8. The van der Waals surface area contributed by atoms with Crippen LogP contribution in [0.15, 0.2) is 85.1 Å². The van der Waals surface area contributed by atoms with Gasteiger partial charge in [-0.05, 0) is 64.2 Å². The van der Waals surface area contributed by atoms with Crippen LogP contribution in [0.3, 0.4) is 0 Å². The molecule has 0 amide bonds. The van der Waals surface area contributed by atoms with Crippen LogP contribution in [-0.2, 0) is 28.6 Å². The first kappa shape index (κ1) is 57.6. The molecule has 0 aliphatic carbocycles. The quantitative estimate of drug-likeness (QED) is 0.0200. The fourth-order valence-corrected chi connectivity index (χ4v) is 6.77. The average molecular weight is 849 g/mol. The molecule has 348 valence electrons. The van der Waals surface area contributed by atoms with Crippen LogP contribution in [0.5, 0.6) is 0 Å². The van der Waals surface area contributed by atoms with E-state index in [1.54, 1.807) is 0 Å². The molecule has 6 nitrogen and oxygen atoms in total. The van der Waals surface area contributed by atoms with Crippen LogP contribution in [0, 0.1) is 0 Å². The van der Waals surface area contributed by atoms with Crippen LogP contribution in [-0.4, -0.2) is 37.2 Å². The second-order valence-corrected chi connectivity index (χ2v) is 16.4. The normalized spacial score (nSPS) is 12.8. The van der Waals surface area contributed by atoms with Crippen LogP contribution >= 0.6 is 0 Å². The van der Waals surface area contributed by atoms with Crippen LogP contribution < -0.4 is 0 Å². The largest absolute Gasteiger partial charge is 0.462 e. The maximum Gasteiger partial charge on any atom is 0.306 e. The van der Waals surface area contributed by atoms with E-state index in [4.69, 9.17) is 14.2 Å². The molecule has 0 heterocycles. The van der Waals surface area contributed by atoms with Gasteiger partial charge in [-0.25, -0.2) is 0 Å². The maximum atomic E-state index is 12.8. The monoisotopic (exact) mass is 849 g/mol. The number of ether oxygens (including phenoxy) is 3. The summed E-state index contributed by atoms with van der Waals surface area (Å²) in [5, 5.41) is 0. The summed E-state index contributed by atoms with van der Waals surface area (Å²) in [5.74, 6) is -0.982. The van der Waals surface area contributed by atoms with Gasteiger partial charge in [0.1, 0.15) is 13.2 Å². The third-order valence-corrected chi connectivity index (χ3v) is 10.5. The first-order valence-electron chi connectivity index (χ1n) is 25.1. The Hall–Kier alpha value is -3.41. The molecule has 0 aliphatic heterocycles. The Morgan fingerprint density at radius 3 is 1.25 bits per heavy atom. The van der Waals surface area contributed by atoms with E-state index in [9.17, 15) is 14.4 Å². The van der Waals surface area contributed by atoms with Crippen molar-refractivity contribution in [3.63, 3.8) is 0 Å². The number of carbonyl (C=O) groups excluding carboxylic acids is 3. The van der Waals surface area contributed by atoms with Crippen molar-refractivity contribution >= 4 is 17.9 Å². The first-order valence-corrected chi connectivity index (χ1v) is 25.1. The highest BCUT2D eigenvalue weighted by molar-refractivity contribution is 5.71. The van der Waals surface area contributed by atoms with Gasteiger partial charge in [-0.2, -0.15) is 0 Å². The van der Waals surface area contributed by atoms with Gasteiger partial charge in [0.15, 0.2) is 6.10 Å². The summed E-state index contributed by atoms with van der Waals surface area (Å²) in [6, 6.07) is 0. The summed E-state index contributed by atoms with van der Waals surface area (Å²) in [5.41, 5.74) is 0. The highest BCUT2D eigenvalue weighted by Gasteiger charge is 2.19. The molecule has 0 saturated carbocycles. The summed E-state index contributed by atoms with van der Waals surface area (Å²) in [7, 11) is 0. The lowest BCUT2D eigenvalue weighted by Gasteiger charge is -2.18. The van der Waals surface area contributed by atoms with Crippen molar-refractivity contribution in [2.24, 2.45) is 0 Å². The van der Waals surface area contributed by atoms with E-state index in [-0.39, 0.29) is 37.5 Å². The van der Waals surface area contributed by atoms with Gasteiger partial charge < -0.3 is 14.2 Å². The lowest BCUT2D eigenvalue weighted by Crippen LogP contribution is -2.30. The molecule has 0 rings (SSSR count). The Kier molecular flexibility index (Phi) is 46.5. The molecule has 6 heteroatoms. The molecule has 0 aromatic heterocycles. The van der Waals surface area contributed by atoms with E-state index >= 15 is 0 Å². The molecular weight excluding hydrogens is 757 g/mol. The number of unbranched alkanes of at least 4 members (excludes halogenated alkanes) is 22. The molecular formula is C55H92O6. The van der Waals surface area contributed by atoms with Gasteiger partial charge >= 0.3 is 17.9 Å². The SMILES string of the molecule is CC\C=C/C=C\C=C/C=C\CCCCCCCC(=O)OC(COC(=O)CCC/C=C\C/C=C\C/C=C\CC)COC(=O)CCCCCCCCCCCCCCCCCCC. The topological polar surface area (TPSA) is 78.9 Å². The van der Waals surface area contributed by atoms with Crippen LogP contribution in [0.2, 0.25) is 0 Å². The standard InChI is InChI=1S/C55H92O6/c1-4-7-10-13-16-19-22-24-26-27-29-30-33-36-39-42-45-48-54(57)60-51-52(50-59-53(56)47-44-41-38-35-32-21-18-15-12-9-6-3)61-55(58)49-46-43-40-37-34-31-28-25-23-20-17-14-11-8-5-2/h8-9,11-12,14,17-18,20-21,23,25,28,35,38,52H,4-7,10,13,15-16,19,22,24,26-27,29-34,36-37,39-51H2,1-3H3/b11-8-,12-9-,17-14-,21-18-,23-20-,28-25-,38-35-. The summed E-state index contributed by atoms with van der Waals surface area (Å²) < 4.78 is 16.7. The molecule has 61 heavy (non-hydrogen) atoms. The number of hydrogen-bond acceptors (Lipinski definition) is 6. The van der Waals surface area contributed by atoms with Gasteiger partial charge in [0.25, 0.3) is 0 Å². The predicted octanol–water partition coefficient (Wildman–Crippen LogP) is 16.4. The van der Waals surface area contributed by atoms with Gasteiger partial charge in [-0.3, -0.25) is 14.4 Å². The van der Waals surface area contributed by atoms with Crippen molar-refractivity contribution in [2.75, 3.05) is 13.2 Å². The molecule has 0 aromatic carbocycles. The van der Waals surface area contributed by atoms with Crippen LogP contribution in [0.25, 0.3) is 0 Å². The van der Waals surface area contributed by atoms with Crippen molar-refractivity contribution in [2.45, 2.75) is 232 Å². The lowest BCUT2D eigenvalue weighted by atomic mass is 10.0. The van der Waals surface area contributed by atoms with Crippen LogP contribution in [0.4, 0.5) is 0 Å². The molecule has 0 N–H and O–H groups in total. The van der Waals surface area contributed by atoms with Crippen molar-refractivity contribution in [1.29, 1.82) is 0 Å². The van der Waals surface area contributed by atoms with Gasteiger partial charge in [-0.15, -0.1) is 0 Å². The zero-order chi connectivity index (χ0) is 44.4. The van der Waals surface area contributed by atoms with E-state index in [2.05, 4.69) is 81.5 Å². The van der Waals surface area contributed by atoms with E-state index in [1.165, 1.54) is 89.9 Å². The fraction of sp³-hybridized carbons (Fsp3) is 0.691. The highest BCUT2D eigenvalue weighted by Crippen LogP contribution is 2.15. The Labute approximate surface area is 375 Å². The van der Waals surface area contributed by atoms with E-state index < -0.39 is 6.10 Å².